The number of hydrogen-bond acceptors (Lipinski definition) is 4. The number of aliphatic carboxylic acids is 1. The molecule has 0 fully saturated rings. The molecule has 2 amide bonds. The van der Waals surface area contributed by atoms with Gasteiger partial charge in [-0.15, -0.1) is 0 Å². The van der Waals surface area contributed by atoms with E-state index in [1.165, 1.54) is 0 Å². The van der Waals surface area contributed by atoms with Gasteiger partial charge in [-0.05, 0) is 19.1 Å². The van der Waals surface area contributed by atoms with Crippen molar-refractivity contribution in [1.29, 1.82) is 0 Å². The highest BCUT2D eigenvalue weighted by atomic mass is 16.4. The van der Waals surface area contributed by atoms with Gasteiger partial charge in [-0.2, -0.15) is 0 Å². The molecule has 0 saturated heterocycles. The quantitative estimate of drug-likeness (QED) is 0.549. The molecule has 1 aromatic rings. The molecule has 0 aliphatic carbocycles. The number of carboxylic acid groups (broad SMARTS) is 1. The van der Waals surface area contributed by atoms with Gasteiger partial charge >= 0.3 is 5.97 Å². The van der Waals surface area contributed by atoms with Gasteiger partial charge in [-0.1, -0.05) is 17.7 Å². The van der Waals surface area contributed by atoms with Crippen LogP contribution in [0.4, 0.5) is 0 Å². The predicted molar refractivity (Wildman–Crippen MR) is 70.2 cm³/mol. The summed E-state index contributed by atoms with van der Waals surface area (Å²) in [5, 5.41) is 22.0. The van der Waals surface area contributed by atoms with Gasteiger partial charge in [0.05, 0.1) is 13.1 Å². The van der Waals surface area contributed by atoms with E-state index in [0.717, 1.165) is 5.56 Å². The van der Waals surface area contributed by atoms with Crippen LogP contribution in [0.5, 0.6) is 0 Å². The van der Waals surface area contributed by atoms with Crippen molar-refractivity contribution >= 4 is 17.8 Å². The Morgan fingerprint density at radius 2 is 1.95 bits per heavy atom. The van der Waals surface area contributed by atoms with E-state index in [1.54, 1.807) is 18.2 Å². The summed E-state index contributed by atoms with van der Waals surface area (Å²) in [6, 6.07) is 6.88. The summed E-state index contributed by atoms with van der Waals surface area (Å²) >= 11 is 0. The fourth-order valence-electron chi connectivity index (χ4n) is 1.41. The second-order valence-corrected chi connectivity index (χ2v) is 4.21. The average molecular weight is 280 g/mol. The number of benzene rings is 1. The zero-order valence-electron chi connectivity index (χ0n) is 10.9. The maximum atomic E-state index is 11.7. The fraction of sp³-hybridized carbons (Fsp3) is 0.308. The molecule has 7 nitrogen and oxygen atoms in total. The van der Waals surface area contributed by atoms with E-state index in [1.807, 2.05) is 13.0 Å². The van der Waals surface area contributed by atoms with Crippen molar-refractivity contribution in [2.24, 2.45) is 0 Å². The minimum atomic E-state index is -1.66. The summed E-state index contributed by atoms with van der Waals surface area (Å²) < 4.78 is 0. The third-order valence-electron chi connectivity index (χ3n) is 2.47. The zero-order valence-corrected chi connectivity index (χ0v) is 10.9. The predicted octanol–water partition coefficient (Wildman–Crippen LogP) is -0.713. The van der Waals surface area contributed by atoms with E-state index < -0.39 is 30.4 Å². The Labute approximate surface area is 115 Å². The maximum Gasteiger partial charge on any atom is 0.334 e. The lowest BCUT2D eigenvalue weighted by atomic mass is 10.1. The number of nitrogens with one attached hydrogen (secondary N) is 2. The van der Waals surface area contributed by atoms with Crippen LogP contribution in [-0.4, -0.2) is 47.2 Å². The van der Waals surface area contributed by atoms with Crippen molar-refractivity contribution < 1.29 is 24.6 Å². The van der Waals surface area contributed by atoms with Crippen molar-refractivity contribution in [3.05, 3.63) is 35.4 Å². The van der Waals surface area contributed by atoms with Gasteiger partial charge < -0.3 is 20.8 Å². The molecule has 4 N–H and O–H groups in total. The van der Waals surface area contributed by atoms with Crippen molar-refractivity contribution in [3.8, 4) is 0 Å². The average Bonchev–Trinajstić information content (AvgIpc) is 2.41. The first-order chi connectivity index (χ1) is 9.40. The Kier molecular flexibility index (Phi) is 5.67. The van der Waals surface area contributed by atoms with Crippen molar-refractivity contribution in [3.63, 3.8) is 0 Å². The number of carbonyl (C=O) groups is 3. The summed E-state index contributed by atoms with van der Waals surface area (Å²) in [7, 11) is 0. The fourth-order valence-corrected chi connectivity index (χ4v) is 1.41. The number of aliphatic hydroxyl groups is 1. The van der Waals surface area contributed by atoms with Crippen LogP contribution < -0.4 is 10.6 Å². The molecule has 0 aromatic heterocycles. The Hall–Kier alpha value is -2.41. The summed E-state index contributed by atoms with van der Waals surface area (Å²) in [6.45, 7) is 1.14. The van der Waals surface area contributed by atoms with Crippen LogP contribution in [0.15, 0.2) is 24.3 Å². The third kappa shape index (κ3) is 5.07. The molecule has 7 heteroatoms. The van der Waals surface area contributed by atoms with Gasteiger partial charge in [0.1, 0.15) is 0 Å². The number of aliphatic hydroxyl groups excluding tert-OH is 1. The number of rotatable bonds is 6. The molecule has 1 aromatic carbocycles. The number of aryl methyl sites for hydroxylation is 1. The number of hydrogen-bond donors (Lipinski definition) is 4. The van der Waals surface area contributed by atoms with E-state index in [0.29, 0.717) is 5.56 Å². The SMILES string of the molecule is Cc1cccc(C(=O)NCC(=O)NC[C@H](O)C(=O)O)c1. The van der Waals surface area contributed by atoms with Gasteiger partial charge in [0.2, 0.25) is 5.91 Å². The Morgan fingerprint density at radius 3 is 2.55 bits per heavy atom. The molecule has 1 atom stereocenters. The van der Waals surface area contributed by atoms with Gasteiger partial charge in [-0.3, -0.25) is 9.59 Å². The standard InChI is InChI=1S/C13H16N2O5/c1-8-3-2-4-9(5-8)12(18)15-7-11(17)14-6-10(16)13(19)20/h2-5,10,16H,6-7H2,1H3,(H,14,17)(H,15,18)(H,19,20)/t10-/m0/s1. The molecular formula is C13H16N2O5. The van der Waals surface area contributed by atoms with Crippen LogP contribution in [0.2, 0.25) is 0 Å². The normalized spacial score (nSPS) is 11.5. The Balaban J connectivity index is 2.37. The van der Waals surface area contributed by atoms with Crippen molar-refractivity contribution in [1.82, 2.24) is 10.6 Å². The second kappa shape index (κ2) is 7.25. The number of carboxylic acids is 1. The molecule has 0 radical (unpaired) electrons. The minimum absolute atomic E-state index is 0.293. The number of amides is 2. The molecule has 0 unspecified atom stereocenters. The largest absolute Gasteiger partial charge is 0.479 e. The molecule has 0 saturated carbocycles. The lowest BCUT2D eigenvalue weighted by Crippen LogP contribution is -2.41. The summed E-state index contributed by atoms with van der Waals surface area (Å²) in [5.74, 6) is -2.40. The van der Waals surface area contributed by atoms with Gasteiger partial charge in [0.15, 0.2) is 6.10 Å². The van der Waals surface area contributed by atoms with Gasteiger partial charge in [0, 0.05) is 5.56 Å². The van der Waals surface area contributed by atoms with E-state index in [2.05, 4.69) is 10.6 Å². The van der Waals surface area contributed by atoms with Gasteiger partial charge in [-0.25, -0.2) is 4.79 Å². The lowest BCUT2D eigenvalue weighted by molar-refractivity contribution is -0.146. The monoisotopic (exact) mass is 280 g/mol. The van der Waals surface area contributed by atoms with Crippen LogP contribution in [0, 0.1) is 6.92 Å². The summed E-state index contributed by atoms with van der Waals surface area (Å²) in [4.78, 5) is 33.4. The lowest BCUT2D eigenvalue weighted by Gasteiger charge is -2.09. The molecular weight excluding hydrogens is 264 g/mol. The molecule has 0 aliphatic rings. The van der Waals surface area contributed by atoms with E-state index in [4.69, 9.17) is 10.2 Å². The highest BCUT2D eigenvalue weighted by Gasteiger charge is 2.14. The molecule has 0 spiro atoms. The Bertz CT molecular complexity index is 515. The third-order valence-corrected chi connectivity index (χ3v) is 2.47. The van der Waals surface area contributed by atoms with Crippen molar-refractivity contribution in [2.75, 3.05) is 13.1 Å². The van der Waals surface area contributed by atoms with Crippen LogP contribution in [0.1, 0.15) is 15.9 Å². The summed E-state index contributed by atoms with van der Waals surface area (Å²) in [6.07, 6.45) is -1.66. The van der Waals surface area contributed by atoms with Crippen LogP contribution in [-0.2, 0) is 9.59 Å². The smallest absolute Gasteiger partial charge is 0.334 e. The first-order valence-corrected chi connectivity index (χ1v) is 5.92. The highest BCUT2D eigenvalue weighted by molar-refractivity contribution is 5.96. The van der Waals surface area contributed by atoms with Crippen LogP contribution in [0.25, 0.3) is 0 Å². The molecule has 108 valence electrons. The highest BCUT2D eigenvalue weighted by Crippen LogP contribution is 2.03. The minimum Gasteiger partial charge on any atom is -0.479 e. The van der Waals surface area contributed by atoms with E-state index in [9.17, 15) is 14.4 Å². The van der Waals surface area contributed by atoms with Crippen LogP contribution in [0.3, 0.4) is 0 Å². The first-order valence-electron chi connectivity index (χ1n) is 5.92. The van der Waals surface area contributed by atoms with E-state index in [-0.39, 0.29) is 6.54 Å². The molecule has 20 heavy (non-hydrogen) atoms. The molecule has 0 heterocycles. The molecule has 0 aliphatic heterocycles. The second-order valence-electron chi connectivity index (χ2n) is 4.21. The number of carbonyl (C=O) groups excluding carboxylic acids is 2. The van der Waals surface area contributed by atoms with E-state index >= 15 is 0 Å². The van der Waals surface area contributed by atoms with Crippen LogP contribution >= 0.6 is 0 Å². The maximum absolute atomic E-state index is 11.7. The first kappa shape index (κ1) is 15.6. The van der Waals surface area contributed by atoms with Gasteiger partial charge in [0.25, 0.3) is 5.91 Å². The molecule has 0 bridgehead atoms. The zero-order chi connectivity index (χ0) is 15.1. The summed E-state index contributed by atoms with van der Waals surface area (Å²) in [5.41, 5.74) is 1.36. The topological polar surface area (TPSA) is 116 Å². The molecule has 1 rings (SSSR count). The van der Waals surface area contributed by atoms with Crippen molar-refractivity contribution in [2.45, 2.75) is 13.0 Å². The Morgan fingerprint density at radius 1 is 1.25 bits per heavy atom.